The van der Waals surface area contributed by atoms with Crippen LogP contribution in [0.4, 0.5) is 0 Å². The quantitative estimate of drug-likeness (QED) is 0.701. The second kappa shape index (κ2) is 4.82. The van der Waals surface area contributed by atoms with Crippen molar-refractivity contribution in [3.63, 3.8) is 0 Å². The molecule has 0 aromatic carbocycles. The van der Waals surface area contributed by atoms with Crippen LogP contribution in [0, 0.1) is 11.3 Å². The zero-order valence-electron chi connectivity index (χ0n) is 12.1. The Morgan fingerprint density at radius 3 is 2.50 bits per heavy atom. The molecule has 116 valence electrons. The molecule has 20 heavy (non-hydrogen) atoms. The van der Waals surface area contributed by atoms with Crippen molar-refractivity contribution in [2.75, 3.05) is 6.61 Å². The Balaban J connectivity index is 1.86. The highest BCUT2D eigenvalue weighted by atomic mass is 79.9. The summed E-state index contributed by atoms with van der Waals surface area (Å²) < 4.78 is 6.02. The van der Waals surface area contributed by atoms with E-state index in [1.54, 1.807) is 0 Å². The standard InChI is InChI=1S/C15H24BrClO3/c1-13(2)7-9(3-4-10(13)16)15-6-5-14(19,8-20-15)11(17)12(15)18/h9-12,18-19H,3-8H2,1-2H3/t9-,10-,11?,12?,14?,15?/m0/s1. The summed E-state index contributed by atoms with van der Waals surface area (Å²) in [6.07, 6.45) is 3.71. The summed E-state index contributed by atoms with van der Waals surface area (Å²) in [5.74, 6) is 0.312. The van der Waals surface area contributed by atoms with Crippen LogP contribution in [-0.2, 0) is 4.74 Å². The monoisotopic (exact) mass is 366 g/mol. The molecule has 2 saturated carbocycles. The molecule has 4 fully saturated rings. The lowest BCUT2D eigenvalue weighted by molar-refractivity contribution is -0.283. The van der Waals surface area contributed by atoms with E-state index in [-0.39, 0.29) is 12.0 Å². The Labute approximate surface area is 134 Å². The summed E-state index contributed by atoms with van der Waals surface area (Å²) >= 11 is 10.1. The fourth-order valence-electron chi connectivity index (χ4n) is 4.39. The van der Waals surface area contributed by atoms with Gasteiger partial charge in [-0.2, -0.15) is 0 Å². The van der Waals surface area contributed by atoms with Gasteiger partial charge in [0.2, 0.25) is 0 Å². The molecule has 2 aliphatic carbocycles. The predicted octanol–water partition coefficient (Wildman–Crippen LogP) is 2.84. The molecule has 6 atom stereocenters. The van der Waals surface area contributed by atoms with Crippen LogP contribution in [-0.4, -0.2) is 44.3 Å². The van der Waals surface area contributed by atoms with Gasteiger partial charge in [0.25, 0.3) is 0 Å². The summed E-state index contributed by atoms with van der Waals surface area (Å²) in [7, 11) is 0. The number of halogens is 2. The number of ether oxygens (including phenoxy) is 1. The molecule has 0 spiro atoms. The summed E-state index contributed by atoms with van der Waals surface area (Å²) in [5.41, 5.74) is -1.42. The number of aliphatic hydroxyl groups is 2. The molecule has 0 aromatic heterocycles. The van der Waals surface area contributed by atoms with Gasteiger partial charge in [-0.1, -0.05) is 29.8 Å². The smallest absolute Gasteiger partial charge is 0.107 e. The van der Waals surface area contributed by atoms with Crippen molar-refractivity contribution in [1.82, 2.24) is 0 Å². The Morgan fingerprint density at radius 1 is 1.25 bits per heavy atom. The average Bonchev–Trinajstić information content (AvgIpc) is 2.40. The van der Waals surface area contributed by atoms with E-state index in [0.717, 1.165) is 19.3 Å². The molecule has 4 unspecified atom stereocenters. The third-order valence-corrected chi connectivity index (χ3v) is 8.25. The average molecular weight is 368 g/mol. The van der Waals surface area contributed by atoms with Crippen LogP contribution in [0.15, 0.2) is 0 Å². The lowest BCUT2D eigenvalue weighted by Gasteiger charge is -2.60. The van der Waals surface area contributed by atoms with E-state index < -0.39 is 22.7 Å². The van der Waals surface area contributed by atoms with Crippen molar-refractivity contribution >= 4 is 27.5 Å². The van der Waals surface area contributed by atoms with Crippen molar-refractivity contribution < 1.29 is 14.9 Å². The van der Waals surface area contributed by atoms with Crippen LogP contribution in [0.3, 0.4) is 0 Å². The molecule has 2 aliphatic heterocycles. The maximum absolute atomic E-state index is 10.6. The minimum atomic E-state index is -1.05. The van der Waals surface area contributed by atoms with Gasteiger partial charge in [0.1, 0.15) is 11.7 Å². The molecule has 5 heteroatoms. The summed E-state index contributed by atoms with van der Waals surface area (Å²) in [6, 6.07) is 0. The van der Waals surface area contributed by atoms with Crippen LogP contribution in [0.5, 0.6) is 0 Å². The maximum Gasteiger partial charge on any atom is 0.107 e. The van der Waals surface area contributed by atoms with Crippen molar-refractivity contribution in [2.45, 2.75) is 73.5 Å². The fraction of sp³-hybridized carbons (Fsp3) is 1.00. The Hall–Kier alpha value is 0.650. The van der Waals surface area contributed by atoms with Crippen LogP contribution < -0.4 is 0 Å². The molecule has 0 amide bonds. The molecule has 2 heterocycles. The lowest BCUT2D eigenvalue weighted by Crippen LogP contribution is -2.72. The third kappa shape index (κ3) is 2.10. The van der Waals surface area contributed by atoms with Gasteiger partial charge >= 0.3 is 0 Å². The van der Waals surface area contributed by atoms with Gasteiger partial charge in [0.15, 0.2) is 0 Å². The van der Waals surface area contributed by atoms with Crippen LogP contribution in [0.2, 0.25) is 0 Å². The highest BCUT2D eigenvalue weighted by molar-refractivity contribution is 9.09. The van der Waals surface area contributed by atoms with E-state index >= 15 is 0 Å². The Kier molecular flexibility index (Phi) is 3.75. The molecular formula is C15H24BrClO3. The summed E-state index contributed by atoms with van der Waals surface area (Å²) in [6.45, 7) is 4.79. The van der Waals surface area contributed by atoms with Crippen LogP contribution in [0.1, 0.15) is 46.0 Å². The van der Waals surface area contributed by atoms with Gasteiger partial charge in [-0.3, -0.25) is 0 Å². The van der Waals surface area contributed by atoms with Gasteiger partial charge in [0.05, 0.1) is 17.6 Å². The lowest BCUT2D eigenvalue weighted by atomic mass is 9.59. The Morgan fingerprint density at radius 2 is 1.95 bits per heavy atom. The molecule has 4 rings (SSSR count). The topological polar surface area (TPSA) is 49.7 Å². The predicted molar refractivity (Wildman–Crippen MR) is 82.4 cm³/mol. The maximum atomic E-state index is 10.6. The van der Waals surface area contributed by atoms with E-state index in [0.29, 0.717) is 23.6 Å². The Bertz CT molecular complexity index is 393. The van der Waals surface area contributed by atoms with Crippen molar-refractivity contribution in [1.29, 1.82) is 0 Å². The first-order valence-corrected chi connectivity index (χ1v) is 8.89. The minimum absolute atomic E-state index is 0.188. The van der Waals surface area contributed by atoms with Crippen LogP contribution >= 0.6 is 27.5 Å². The largest absolute Gasteiger partial charge is 0.388 e. The SMILES string of the molecule is CC1(C)C[C@@H](C23CCC(O)(CO2)C(Cl)C3O)CC[C@@H]1Br. The first-order chi connectivity index (χ1) is 9.21. The van der Waals surface area contributed by atoms with Crippen molar-refractivity contribution in [3.05, 3.63) is 0 Å². The highest BCUT2D eigenvalue weighted by Gasteiger charge is 2.63. The molecule has 2 N–H and O–H groups in total. The first-order valence-electron chi connectivity index (χ1n) is 7.54. The van der Waals surface area contributed by atoms with Gasteiger partial charge in [-0.25, -0.2) is 0 Å². The van der Waals surface area contributed by atoms with Crippen molar-refractivity contribution in [3.8, 4) is 0 Å². The number of rotatable bonds is 1. The van der Waals surface area contributed by atoms with Gasteiger partial charge in [-0.05, 0) is 43.4 Å². The molecule has 3 nitrogen and oxygen atoms in total. The number of hydrogen-bond donors (Lipinski definition) is 2. The summed E-state index contributed by atoms with van der Waals surface area (Å²) in [5, 5.41) is 20.4. The van der Waals surface area contributed by atoms with E-state index in [9.17, 15) is 10.2 Å². The van der Waals surface area contributed by atoms with E-state index in [1.165, 1.54) is 0 Å². The van der Waals surface area contributed by atoms with Gasteiger partial charge < -0.3 is 14.9 Å². The molecule has 0 aromatic rings. The molecule has 0 radical (unpaired) electrons. The number of fused-ring (bicyclic) bond motifs is 3. The van der Waals surface area contributed by atoms with Gasteiger partial charge in [-0.15, -0.1) is 11.6 Å². The second-order valence-corrected chi connectivity index (χ2v) is 9.20. The normalized spacial score (nSPS) is 54.9. The number of aliphatic hydroxyl groups excluding tert-OH is 1. The molecular weight excluding hydrogens is 344 g/mol. The van der Waals surface area contributed by atoms with Gasteiger partial charge in [0, 0.05) is 4.83 Å². The highest BCUT2D eigenvalue weighted by Crippen LogP contribution is 2.55. The first kappa shape index (κ1) is 15.5. The molecule has 4 aliphatic rings. The second-order valence-electron chi connectivity index (χ2n) is 7.63. The van der Waals surface area contributed by atoms with E-state index in [4.69, 9.17) is 16.3 Å². The van der Waals surface area contributed by atoms with Crippen molar-refractivity contribution in [2.24, 2.45) is 11.3 Å². The number of hydrogen-bond acceptors (Lipinski definition) is 3. The number of alkyl halides is 2. The molecule has 2 bridgehead atoms. The third-order valence-electron chi connectivity index (χ3n) is 5.91. The van der Waals surface area contributed by atoms with E-state index in [2.05, 4.69) is 29.8 Å². The zero-order chi connectivity index (χ0) is 14.8. The fourth-order valence-corrected chi connectivity index (χ4v) is 5.23. The van der Waals surface area contributed by atoms with E-state index in [1.807, 2.05) is 0 Å². The minimum Gasteiger partial charge on any atom is -0.388 e. The molecule has 2 saturated heterocycles. The van der Waals surface area contributed by atoms with Crippen LogP contribution in [0.25, 0.3) is 0 Å². The summed E-state index contributed by atoms with van der Waals surface area (Å²) in [4.78, 5) is 0.510. The zero-order valence-corrected chi connectivity index (χ0v) is 14.5.